The Morgan fingerprint density at radius 3 is 2.81 bits per heavy atom. The van der Waals surface area contributed by atoms with Crippen molar-refractivity contribution in [2.24, 2.45) is 5.92 Å². The molecular formula is C19H20N2O4S. The molecule has 0 saturated carbocycles. The molecule has 2 amide bonds. The van der Waals surface area contributed by atoms with E-state index in [1.165, 1.54) is 18.4 Å². The number of hydrogen-bond donors (Lipinski definition) is 1. The van der Waals surface area contributed by atoms with Gasteiger partial charge in [-0.3, -0.25) is 9.59 Å². The predicted octanol–water partition coefficient (Wildman–Crippen LogP) is 3.03. The zero-order valence-electron chi connectivity index (χ0n) is 14.4. The van der Waals surface area contributed by atoms with Gasteiger partial charge >= 0.3 is 5.97 Å². The van der Waals surface area contributed by atoms with E-state index in [9.17, 15) is 14.4 Å². The minimum absolute atomic E-state index is 0.0230. The van der Waals surface area contributed by atoms with Crippen LogP contribution in [0.3, 0.4) is 0 Å². The van der Waals surface area contributed by atoms with Gasteiger partial charge in [0.15, 0.2) is 0 Å². The molecule has 1 aliphatic rings. The van der Waals surface area contributed by atoms with Crippen molar-refractivity contribution in [3.05, 3.63) is 52.2 Å². The summed E-state index contributed by atoms with van der Waals surface area (Å²) in [7, 11) is 1.31. The topological polar surface area (TPSA) is 75.7 Å². The van der Waals surface area contributed by atoms with E-state index in [1.807, 2.05) is 11.4 Å². The van der Waals surface area contributed by atoms with Crippen LogP contribution in [0.25, 0.3) is 0 Å². The number of esters is 1. The number of hydrogen-bond acceptors (Lipinski definition) is 5. The van der Waals surface area contributed by atoms with Crippen LogP contribution in [-0.4, -0.2) is 42.9 Å². The number of benzene rings is 1. The van der Waals surface area contributed by atoms with Crippen LogP contribution in [0.2, 0.25) is 0 Å². The van der Waals surface area contributed by atoms with Gasteiger partial charge in [0.05, 0.1) is 23.5 Å². The van der Waals surface area contributed by atoms with Crippen LogP contribution >= 0.6 is 11.3 Å². The Morgan fingerprint density at radius 1 is 1.23 bits per heavy atom. The van der Waals surface area contributed by atoms with Gasteiger partial charge in [-0.05, 0) is 42.5 Å². The molecule has 0 spiro atoms. The predicted molar refractivity (Wildman–Crippen MR) is 99.4 cm³/mol. The van der Waals surface area contributed by atoms with Crippen LogP contribution in [-0.2, 0) is 9.53 Å². The van der Waals surface area contributed by atoms with Gasteiger partial charge in [0.1, 0.15) is 0 Å². The lowest BCUT2D eigenvalue weighted by atomic mass is 9.96. The first-order valence-corrected chi connectivity index (χ1v) is 9.28. The molecule has 1 saturated heterocycles. The Kier molecular flexibility index (Phi) is 5.68. The van der Waals surface area contributed by atoms with Crippen LogP contribution in [0.4, 0.5) is 5.69 Å². The number of rotatable bonds is 4. The average Bonchev–Trinajstić information content (AvgIpc) is 3.22. The third-order valence-corrected chi connectivity index (χ3v) is 5.22. The molecule has 1 aromatic carbocycles. The lowest BCUT2D eigenvalue weighted by Crippen LogP contribution is -2.43. The third-order valence-electron chi connectivity index (χ3n) is 4.36. The lowest BCUT2D eigenvalue weighted by Gasteiger charge is -2.31. The van der Waals surface area contributed by atoms with Crippen molar-refractivity contribution in [1.29, 1.82) is 0 Å². The zero-order chi connectivity index (χ0) is 18.5. The van der Waals surface area contributed by atoms with Crippen molar-refractivity contribution in [3.8, 4) is 0 Å². The molecule has 1 aromatic heterocycles. The van der Waals surface area contributed by atoms with E-state index in [0.717, 1.165) is 12.8 Å². The Bertz CT molecular complexity index is 804. The maximum Gasteiger partial charge on any atom is 0.337 e. The van der Waals surface area contributed by atoms with Gasteiger partial charge < -0.3 is 15.0 Å². The molecule has 2 heterocycles. The van der Waals surface area contributed by atoms with Crippen molar-refractivity contribution in [2.45, 2.75) is 12.8 Å². The van der Waals surface area contributed by atoms with E-state index >= 15 is 0 Å². The number of nitrogens with zero attached hydrogens (tertiary/aromatic N) is 1. The van der Waals surface area contributed by atoms with Gasteiger partial charge in [0.2, 0.25) is 5.91 Å². The Morgan fingerprint density at radius 2 is 2.08 bits per heavy atom. The SMILES string of the molecule is COC(=O)c1cccc(NC(=O)C2CCCN(C(=O)c3cccs3)C2)c1. The minimum Gasteiger partial charge on any atom is -0.465 e. The highest BCUT2D eigenvalue weighted by Gasteiger charge is 2.29. The van der Waals surface area contributed by atoms with E-state index < -0.39 is 5.97 Å². The highest BCUT2D eigenvalue weighted by atomic mass is 32.1. The normalized spacial score (nSPS) is 16.8. The number of methoxy groups -OCH3 is 1. The number of thiophene rings is 1. The fraction of sp³-hybridized carbons (Fsp3) is 0.316. The molecule has 6 nitrogen and oxygen atoms in total. The molecule has 1 unspecified atom stereocenters. The summed E-state index contributed by atoms with van der Waals surface area (Å²) in [6, 6.07) is 10.3. The van der Waals surface area contributed by atoms with E-state index in [-0.39, 0.29) is 17.7 Å². The quantitative estimate of drug-likeness (QED) is 0.837. The number of likely N-dealkylation sites (tertiary alicyclic amines) is 1. The first-order valence-electron chi connectivity index (χ1n) is 8.40. The van der Waals surface area contributed by atoms with E-state index in [0.29, 0.717) is 29.2 Å². The summed E-state index contributed by atoms with van der Waals surface area (Å²) in [6.45, 7) is 1.07. The van der Waals surface area contributed by atoms with Gasteiger partial charge in [-0.15, -0.1) is 11.3 Å². The number of carbonyl (C=O) groups excluding carboxylic acids is 3. The molecule has 1 aliphatic heterocycles. The third kappa shape index (κ3) is 4.11. The summed E-state index contributed by atoms with van der Waals surface area (Å²) in [5, 5.41) is 4.71. The number of anilines is 1. The van der Waals surface area contributed by atoms with Crippen LogP contribution in [0.15, 0.2) is 41.8 Å². The Balaban J connectivity index is 1.64. The molecule has 136 valence electrons. The first-order chi connectivity index (χ1) is 12.6. The fourth-order valence-corrected chi connectivity index (χ4v) is 3.71. The molecule has 3 rings (SSSR count). The van der Waals surface area contributed by atoms with Crippen molar-refractivity contribution in [3.63, 3.8) is 0 Å². The second kappa shape index (κ2) is 8.14. The molecule has 0 radical (unpaired) electrons. The number of piperidine rings is 1. The average molecular weight is 372 g/mol. The largest absolute Gasteiger partial charge is 0.465 e. The summed E-state index contributed by atoms with van der Waals surface area (Å²) < 4.78 is 4.69. The lowest BCUT2D eigenvalue weighted by molar-refractivity contribution is -0.121. The number of amides is 2. The van der Waals surface area contributed by atoms with Gasteiger partial charge in [-0.25, -0.2) is 4.79 Å². The molecule has 26 heavy (non-hydrogen) atoms. The first kappa shape index (κ1) is 18.1. The zero-order valence-corrected chi connectivity index (χ0v) is 15.3. The Hall–Kier alpha value is -2.67. The Labute approximate surface area is 155 Å². The smallest absolute Gasteiger partial charge is 0.337 e. The second-order valence-electron chi connectivity index (χ2n) is 6.13. The van der Waals surface area contributed by atoms with E-state index in [4.69, 9.17) is 4.74 Å². The van der Waals surface area contributed by atoms with Gasteiger partial charge in [-0.1, -0.05) is 12.1 Å². The van der Waals surface area contributed by atoms with Gasteiger partial charge in [0, 0.05) is 18.8 Å². The summed E-state index contributed by atoms with van der Waals surface area (Å²) in [5.41, 5.74) is 0.919. The maximum atomic E-state index is 12.6. The molecule has 1 N–H and O–H groups in total. The molecule has 1 atom stereocenters. The summed E-state index contributed by atoms with van der Waals surface area (Å²) in [4.78, 5) is 39.1. The van der Waals surface area contributed by atoms with Crippen LogP contribution in [0.5, 0.6) is 0 Å². The summed E-state index contributed by atoms with van der Waals surface area (Å²) >= 11 is 1.41. The number of carbonyl (C=O) groups is 3. The van der Waals surface area contributed by atoms with Crippen molar-refractivity contribution in [2.75, 3.05) is 25.5 Å². The van der Waals surface area contributed by atoms with Crippen LogP contribution in [0.1, 0.15) is 32.9 Å². The molecule has 7 heteroatoms. The number of nitrogens with one attached hydrogen (secondary N) is 1. The minimum atomic E-state index is -0.452. The molecule has 1 fully saturated rings. The fourth-order valence-electron chi connectivity index (χ4n) is 3.02. The van der Waals surface area contributed by atoms with Crippen molar-refractivity contribution >= 4 is 34.8 Å². The summed E-state index contributed by atoms with van der Waals surface area (Å²) in [6.07, 6.45) is 1.52. The highest BCUT2D eigenvalue weighted by Crippen LogP contribution is 2.22. The van der Waals surface area contributed by atoms with Crippen molar-refractivity contribution < 1.29 is 19.1 Å². The molecule has 2 aromatic rings. The van der Waals surface area contributed by atoms with Crippen LogP contribution in [0, 0.1) is 5.92 Å². The van der Waals surface area contributed by atoms with Crippen molar-refractivity contribution in [1.82, 2.24) is 4.90 Å². The maximum absolute atomic E-state index is 12.6. The monoisotopic (exact) mass is 372 g/mol. The van der Waals surface area contributed by atoms with Crippen LogP contribution < -0.4 is 5.32 Å². The summed E-state index contributed by atoms with van der Waals surface area (Å²) in [5.74, 6) is -0.887. The van der Waals surface area contributed by atoms with Gasteiger partial charge in [0.25, 0.3) is 5.91 Å². The molecular weight excluding hydrogens is 352 g/mol. The highest BCUT2D eigenvalue weighted by molar-refractivity contribution is 7.12. The molecule has 0 aliphatic carbocycles. The van der Waals surface area contributed by atoms with E-state index in [2.05, 4.69) is 5.32 Å². The van der Waals surface area contributed by atoms with E-state index in [1.54, 1.807) is 35.2 Å². The standard InChI is InChI=1S/C19H20N2O4S/c1-25-19(24)13-5-2-7-15(11-13)20-17(22)14-6-3-9-21(12-14)18(23)16-8-4-10-26-16/h2,4-5,7-8,10-11,14H,3,6,9,12H2,1H3,(H,20,22). The molecule has 0 bridgehead atoms. The second-order valence-corrected chi connectivity index (χ2v) is 7.08. The van der Waals surface area contributed by atoms with Gasteiger partial charge in [-0.2, -0.15) is 0 Å². The number of ether oxygens (including phenoxy) is 1.